The summed E-state index contributed by atoms with van der Waals surface area (Å²) in [4.78, 5) is 10.9. The van der Waals surface area contributed by atoms with E-state index in [4.69, 9.17) is 9.84 Å². The Bertz CT molecular complexity index is 308. The van der Waals surface area contributed by atoms with E-state index in [9.17, 15) is 4.79 Å². The number of benzene rings is 1. The molecule has 0 heterocycles. The second-order valence-corrected chi connectivity index (χ2v) is 3.12. The average Bonchev–Trinajstić information content (AvgIpc) is 2.26. The summed E-state index contributed by atoms with van der Waals surface area (Å²) in [6.45, 7) is 0.498. The Hall–Kier alpha value is -1.71. The number of phenolic OH excluding ortho intramolecular Hbond substituents is 1. The van der Waals surface area contributed by atoms with Gasteiger partial charge in [0, 0.05) is 13.5 Å². The molecule has 0 aliphatic heterocycles. The number of aromatic hydroxyl groups is 1. The molecule has 0 saturated heterocycles. The summed E-state index contributed by atoms with van der Waals surface area (Å²) in [6.07, 6.45) is 1.15. The van der Waals surface area contributed by atoms with Gasteiger partial charge in [0.25, 0.3) is 0 Å². The number of ether oxygens (including phenoxy) is 1. The second kappa shape index (κ2) is 5.90. The normalized spacial score (nSPS) is 9.67. The van der Waals surface area contributed by atoms with Gasteiger partial charge in [0.05, 0.1) is 6.61 Å². The number of nitrogens with one attached hydrogen (secondary N) is 1. The zero-order chi connectivity index (χ0) is 11.1. The standard InChI is InChI=1S/C11H15NO3/c1-12-11(14)3-2-8-15-10-6-4-9(13)5-7-10/h4-7,13H,2-3,8H2,1H3,(H,12,14). The second-order valence-electron chi connectivity index (χ2n) is 3.12. The quantitative estimate of drug-likeness (QED) is 0.718. The van der Waals surface area contributed by atoms with Crippen LogP contribution in [0.4, 0.5) is 0 Å². The molecule has 1 amide bonds. The maximum atomic E-state index is 10.9. The summed E-state index contributed by atoms with van der Waals surface area (Å²) < 4.78 is 5.36. The monoisotopic (exact) mass is 209 g/mol. The van der Waals surface area contributed by atoms with Crippen LogP contribution in [0.1, 0.15) is 12.8 Å². The van der Waals surface area contributed by atoms with E-state index < -0.39 is 0 Å². The Balaban J connectivity index is 2.20. The maximum absolute atomic E-state index is 10.9. The van der Waals surface area contributed by atoms with Crippen LogP contribution in [-0.2, 0) is 4.79 Å². The smallest absolute Gasteiger partial charge is 0.219 e. The molecule has 0 aliphatic carbocycles. The van der Waals surface area contributed by atoms with Crippen molar-refractivity contribution in [3.05, 3.63) is 24.3 Å². The Labute approximate surface area is 88.9 Å². The fourth-order valence-electron chi connectivity index (χ4n) is 1.09. The van der Waals surface area contributed by atoms with E-state index in [1.165, 1.54) is 0 Å². The van der Waals surface area contributed by atoms with Crippen molar-refractivity contribution in [3.63, 3.8) is 0 Å². The van der Waals surface area contributed by atoms with Crippen LogP contribution in [0.2, 0.25) is 0 Å². The molecular weight excluding hydrogens is 194 g/mol. The molecule has 0 spiro atoms. The minimum atomic E-state index is 0.0179. The number of carbonyl (C=O) groups is 1. The van der Waals surface area contributed by atoms with Crippen molar-refractivity contribution in [2.24, 2.45) is 0 Å². The summed E-state index contributed by atoms with van der Waals surface area (Å²) in [6, 6.07) is 6.51. The Kier molecular flexibility index (Phi) is 4.47. The SMILES string of the molecule is CNC(=O)CCCOc1ccc(O)cc1. The van der Waals surface area contributed by atoms with Crippen molar-refractivity contribution in [2.75, 3.05) is 13.7 Å². The molecule has 0 radical (unpaired) electrons. The third-order valence-electron chi connectivity index (χ3n) is 1.93. The van der Waals surface area contributed by atoms with Crippen LogP contribution < -0.4 is 10.1 Å². The number of rotatable bonds is 5. The van der Waals surface area contributed by atoms with Gasteiger partial charge in [-0.3, -0.25) is 4.79 Å². The molecule has 4 nitrogen and oxygen atoms in total. The van der Waals surface area contributed by atoms with Gasteiger partial charge in [0.2, 0.25) is 5.91 Å². The molecule has 4 heteroatoms. The number of hydrogen-bond donors (Lipinski definition) is 2. The molecule has 0 saturated carbocycles. The van der Waals surface area contributed by atoms with Crippen molar-refractivity contribution < 1.29 is 14.6 Å². The molecule has 0 atom stereocenters. The predicted octanol–water partition coefficient (Wildman–Crippen LogP) is 1.30. The van der Waals surface area contributed by atoms with Crippen LogP contribution in [0, 0.1) is 0 Å². The molecule has 0 bridgehead atoms. The summed E-state index contributed by atoms with van der Waals surface area (Å²) >= 11 is 0. The van der Waals surface area contributed by atoms with Gasteiger partial charge in [-0.1, -0.05) is 0 Å². The van der Waals surface area contributed by atoms with E-state index in [1.807, 2.05) is 0 Å². The van der Waals surface area contributed by atoms with Crippen LogP contribution in [0.5, 0.6) is 11.5 Å². The first-order valence-corrected chi connectivity index (χ1v) is 4.85. The van der Waals surface area contributed by atoms with Crippen LogP contribution in [0.3, 0.4) is 0 Å². The molecule has 0 unspecified atom stereocenters. The number of hydrogen-bond acceptors (Lipinski definition) is 3. The predicted molar refractivity (Wildman–Crippen MR) is 56.9 cm³/mol. The lowest BCUT2D eigenvalue weighted by Crippen LogP contribution is -2.18. The van der Waals surface area contributed by atoms with E-state index in [2.05, 4.69) is 5.32 Å². The Morgan fingerprint density at radius 2 is 2.07 bits per heavy atom. The number of carbonyl (C=O) groups excluding carboxylic acids is 1. The highest BCUT2D eigenvalue weighted by Gasteiger charge is 1.98. The lowest BCUT2D eigenvalue weighted by atomic mass is 10.3. The molecule has 0 fully saturated rings. The molecule has 1 aromatic carbocycles. The van der Waals surface area contributed by atoms with E-state index in [-0.39, 0.29) is 11.7 Å². The highest BCUT2D eigenvalue weighted by Crippen LogP contribution is 2.15. The van der Waals surface area contributed by atoms with Gasteiger partial charge in [-0.2, -0.15) is 0 Å². The first-order valence-electron chi connectivity index (χ1n) is 4.85. The minimum Gasteiger partial charge on any atom is -0.508 e. The lowest BCUT2D eigenvalue weighted by molar-refractivity contribution is -0.120. The van der Waals surface area contributed by atoms with Crippen molar-refractivity contribution >= 4 is 5.91 Å². The summed E-state index contributed by atoms with van der Waals surface area (Å²) in [5, 5.41) is 11.6. The van der Waals surface area contributed by atoms with E-state index >= 15 is 0 Å². The largest absolute Gasteiger partial charge is 0.508 e. The molecule has 1 rings (SSSR count). The van der Waals surface area contributed by atoms with Gasteiger partial charge >= 0.3 is 0 Å². The molecular formula is C11H15NO3. The minimum absolute atomic E-state index is 0.0179. The summed E-state index contributed by atoms with van der Waals surface area (Å²) in [5.41, 5.74) is 0. The third kappa shape index (κ3) is 4.35. The van der Waals surface area contributed by atoms with Crippen molar-refractivity contribution in [1.82, 2.24) is 5.32 Å². The molecule has 15 heavy (non-hydrogen) atoms. The Morgan fingerprint density at radius 1 is 1.40 bits per heavy atom. The lowest BCUT2D eigenvalue weighted by Gasteiger charge is -2.05. The fourth-order valence-corrected chi connectivity index (χ4v) is 1.09. The van der Waals surface area contributed by atoms with Gasteiger partial charge < -0.3 is 15.2 Å². The third-order valence-corrected chi connectivity index (χ3v) is 1.93. The number of amides is 1. The summed E-state index contributed by atoms with van der Waals surface area (Å²) in [7, 11) is 1.61. The van der Waals surface area contributed by atoms with E-state index in [1.54, 1.807) is 31.3 Å². The van der Waals surface area contributed by atoms with Gasteiger partial charge in [-0.25, -0.2) is 0 Å². The molecule has 0 aliphatic rings. The highest BCUT2D eigenvalue weighted by atomic mass is 16.5. The first-order chi connectivity index (χ1) is 7.22. The van der Waals surface area contributed by atoms with Crippen LogP contribution in [0.15, 0.2) is 24.3 Å². The molecule has 0 aromatic heterocycles. The molecule has 82 valence electrons. The van der Waals surface area contributed by atoms with Crippen LogP contribution in [0.25, 0.3) is 0 Å². The van der Waals surface area contributed by atoms with E-state index in [0.29, 0.717) is 25.2 Å². The molecule has 1 aromatic rings. The van der Waals surface area contributed by atoms with Gasteiger partial charge in [-0.15, -0.1) is 0 Å². The van der Waals surface area contributed by atoms with E-state index in [0.717, 1.165) is 0 Å². The van der Waals surface area contributed by atoms with Gasteiger partial charge in [0.1, 0.15) is 11.5 Å². The topological polar surface area (TPSA) is 58.6 Å². The fraction of sp³-hybridized carbons (Fsp3) is 0.364. The zero-order valence-electron chi connectivity index (χ0n) is 8.69. The number of phenols is 1. The van der Waals surface area contributed by atoms with Crippen molar-refractivity contribution in [3.8, 4) is 11.5 Å². The van der Waals surface area contributed by atoms with Gasteiger partial charge in [0.15, 0.2) is 0 Å². The zero-order valence-corrected chi connectivity index (χ0v) is 8.69. The van der Waals surface area contributed by atoms with Crippen LogP contribution in [-0.4, -0.2) is 24.7 Å². The van der Waals surface area contributed by atoms with Crippen LogP contribution >= 0.6 is 0 Å². The summed E-state index contributed by atoms with van der Waals surface area (Å²) in [5.74, 6) is 0.932. The van der Waals surface area contributed by atoms with Crippen molar-refractivity contribution in [1.29, 1.82) is 0 Å². The maximum Gasteiger partial charge on any atom is 0.219 e. The highest BCUT2D eigenvalue weighted by molar-refractivity contribution is 5.75. The van der Waals surface area contributed by atoms with Crippen molar-refractivity contribution in [2.45, 2.75) is 12.8 Å². The molecule has 2 N–H and O–H groups in total. The van der Waals surface area contributed by atoms with Gasteiger partial charge in [-0.05, 0) is 30.7 Å². The Morgan fingerprint density at radius 3 is 2.67 bits per heavy atom. The average molecular weight is 209 g/mol. The first kappa shape index (κ1) is 11.4.